The number of β-lactam (4-membered cyclic amide) rings is 1. The zero-order chi connectivity index (χ0) is 43.1. The number of rotatable bonds is 14. The van der Waals surface area contributed by atoms with Gasteiger partial charge in [0.1, 0.15) is 29.1 Å². The average Bonchev–Trinajstić information content (AvgIpc) is 3.99. The molecule has 2 aliphatic rings. The molecule has 1 fully saturated rings. The fourth-order valence-corrected chi connectivity index (χ4v) is 9.22. The van der Waals surface area contributed by atoms with Gasteiger partial charge in [-0.05, 0) is 35.3 Å². The molecule has 6 aromatic rings. The van der Waals surface area contributed by atoms with Gasteiger partial charge in [-0.25, -0.2) is 14.6 Å². The Balaban J connectivity index is 1.03. The molecule has 18 heteroatoms. The van der Waals surface area contributed by atoms with Crippen LogP contribution in [0.2, 0.25) is 0 Å². The summed E-state index contributed by atoms with van der Waals surface area (Å²) in [5, 5.41) is 14.3. The van der Waals surface area contributed by atoms with Gasteiger partial charge in [0.25, 0.3) is 11.8 Å². The van der Waals surface area contributed by atoms with Gasteiger partial charge in [0, 0.05) is 45.7 Å². The molecule has 0 bridgehead atoms. The largest absolute Gasteiger partial charge is 0.516 e. The van der Waals surface area contributed by atoms with Gasteiger partial charge in [0.15, 0.2) is 5.13 Å². The molecule has 3 N–H and O–H groups in total. The predicted molar refractivity (Wildman–Crippen MR) is 234 cm³/mol. The SMILES string of the molecule is CC(OC(=O)Oc1ccccc1)OC(=O)C1=C(/C=C\c2csnn2)CSC2C(NC(=O)/C=N\OC(c3ccccc3)(c3ccccc3)c3ccccc3-c3csc(N)n3)C(=O)N12. The van der Waals surface area contributed by atoms with Gasteiger partial charge in [-0.2, -0.15) is 0 Å². The van der Waals surface area contributed by atoms with E-state index >= 15 is 0 Å². The van der Waals surface area contributed by atoms with Crippen LogP contribution in [0.3, 0.4) is 0 Å². The van der Waals surface area contributed by atoms with Gasteiger partial charge < -0.3 is 30.1 Å². The van der Waals surface area contributed by atoms with Gasteiger partial charge in [-0.1, -0.05) is 119 Å². The van der Waals surface area contributed by atoms with Crippen molar-refractivity contribution < 1.29 is 38.2 Å². The molecule has 0 spiro atoms. The molecule has 8 rings (SSSR count). The molecule has 0 radical (unpaired) electrons. The maximum atomic E-state index is 13.9. The minimum atomic E-state index is -1.39. The lowest BCUT2D eigenvalue weighted by molar-refractivity contribution is -0.167. The number of nitrogens with one attached hydrogen (secondary N) is 1. The number of thioether (sulfide) groups is 1. The Kier molecular flexibility index (Phi) is 12.5. The summed E-state index contributed by atoms with van der Waals surface area (Å²) in [6, 6.07) is 33.8. The summed E-state index contributed by atoms with van der Waals surface area (Å²) in [5.41, 5.74) is 9.11. The smallest absolute Gasteiger partial charge is 0.421 e. The first-order valence-electron chi connectivity index (χ1n) is 18.9. The Morgan fingerprint density at radius 1 is 0.903 bits per heavy atom. The van der Waals surface area contributed by atoms with Crippen LogP contribution in [0, 0.1) is 0 Å². The van der Waals surface area contributed by atoms with Crippen molar-refractivity contribution in [2.45, 2.75) is 30.2 Å². The van der Waals surface area contributed by atoms with Crippen LogP contribution in [0.5, 0.6) is 5.75 Å². The number of esters is 1. The summed E-state index contributed by atoms with van der Waals surface area (Å²) in [6.07, 6.45) is 1.79. The minimum absolute atomic E-state index is 0.0800. The number of hydrogen-bond acceptors (Lipinski definition) is 16. The Morgan fingerprint density at radius 3 is 2.24 bits per heavy atom. The lowest BCUT2D eigenvalue weighted by Gasteiger charge is -2.49. The Labute approximate surface area is 367 Å². The van der Waals surface area contributed by atoms with Gasteiger partial charge >= 0.3 is 12.1 Å². The van der Waals surface area contributed by atoms with Crippen molar-refractivity contribution in [2.24, 2.45) is 5.16 Å². The van der Waals surface area contributed by atoms with Crippen molar-refractivity contribution >= 4 is 76.0 Å². The first-order valence-corrected chi connectivity index (χ1v) is 21.7. The lowest BCUT2D eigenvalue weighted by atomic mass is 9.78. The molecule has 4 aromatic carbocycles. The molecule has 312 valence electrons. The number of amides is 2. The number of aromatic nitrogens is 3. The third-order valence-corrected chi connectivity index (χ3v) is 12.1. The standard InChI is InChI=1S/C44H35N7O8S3/c1-27(57-43(55)58-32-17-9-4-10-18-32)56-41(54)38-28(21-22-31-25-62-50-49-31)24-60-40-37(39(53)51(38)40)48-36(52)23-46-59-44(29-13-5-2-6-14-29,30-15-7-3-8-16-30)34-20-12-11-19-33(34)35-26-61-42(45)47-35/h2-23,25-27,37,40H,24H2,1H3,(H2,45,47)(H,48,52)/b22-21-,46-23-. The van der Waals surface area contributed by atoms with Crippen LogP contribution in [0.4, 0.5) is 9.93 Å². The number of carbonyl (C=O) groups excluding carboxylic acids is 4. The molecule has 3 atom stereocenters. The fourth-order valence-electron chi connectivity index (χ4n) is 6.91. The molecule has 2 aliphatic heterocycles. The summed E-state index contributed by atoms with van der Waals surface area (Å²) in [5.74, 6) is -1.73. The Morgan fingerprint density at radius 2 is 1.58 bits per heavy atom. The highest BCUT2D eigenvalue weighted by Gasteiger charge is 2.54. The monoisotopic (exact) mass is 885 g/mol. The van der Waals surface area contributed by atoms with Crippen LogP contribution in [-0.2, 0) is 34.3 Å². The highest BCUT2D eigenvalue weighted by atomic mass is 32.2. The number of para-hydroxylation sites is 1. The number of hydrogen-bond donors (Lipinski definition) is 2. The van der Waals surface area contributed by atoms with Crippen molar-refractivity contribution in [2.75, 3.05) is 11.5 Å². The molecule has 0 aliphatic carbocycles. The molecule has 2 amide bonds. The predicted octanol–water partition coefficient (Wildman–Crippen LogP) is 7.01. The second-order valence-electron chi connectivity index (χ2n) is 13.5. The van der Waals surface area contributed by atoms with Crippen LogP contribution in [0.25, 0.3) is 17.3 Å². The Bertz CT molecular complexity index is 2620. The Hall–Kier alpha value is -7.15. The van der Waals surface area contributed by atoms with Crippen molar-refractivity contribution in [3.8, 4) is 17.0 Å². The second kappa shape index (κ2) is 18.6. The van der Waals surface area contributed by atoms with E-state index < -0.39 is 47.2 Å². The molecule has 0 saturated carbocycles. The summed E-state index contributed by atoms with van der Waals surface area (Å²) >= 11 is 3.80. The second-order valence-corrected chi connectivity index (χ2v) is 16.1. The average molecular weight is 886 g/mol. The van der Waals surface area contributed by atoms with Crippen molar-refractivity contribution in [3.05, 3.63) is 166 Å². The van der Waals surface area contributed by atoms with E-state index in [9.17, 15) is 19.2 Å². The maximum absolute atomic E-state index is 13.9. The third kappa shape index (κ3) is 8.83. The van der Waals surface area contributed by atoms with Crippen molar-refractivity contribution in [1.29, 1.82) is 0 Å². The zero-order valence-electron chi connectivity index (χ0n) is 32.6. The molecule has 62 heavy (non-hydrogen) atoms. The normalized spacial score (nSPS) is 16.7. The first-order chi connectivity index (χ1) is 30.2. The summed E-state index contributed by atoms with van der Waals surface area (Å²) in [7, 11) is 0. The summed E-state index contributed by atoms with van der Waals surface area (Å²) in [6.45, 7) is 1.34. The van der Waals surface area contributed by atoms with Gasteiger partial charge in [0.2, 0.25) is 11.9 Å². The van der Waals surface area contributed by atoms with Gasteiger partial charge in [-0.15, -0.1) is 28.2 Å². The number of nitrogens with zero attached hydrogens (tertiary/aromatic N) is 5. The topological polar surface area (TPSA) is 198 Å². The molecule has 15 nitrogen and oxygen atoms in total. The zero-order valence-corrected chi connectivity index (χ0v) is 35.0. The van der Waals surface area contributed by atoms with Crippen LogP contribution in [0.15, 0.2) is 149 Å². The number of ether oxygens (including phenoxy) is 3. The van der Waals surface area contributed by atoms with Gasteiger partial charge in [0.05, 0.1) is 11.4 Å². The molecule has 3 unspecified atom stereocenters. The number of fused-ring (bicyclic) bond motifs is 1. The van der Waals surface area contributed by atoms with Crippen LogP contribution < -0.4 is 15.8 Å². The number of oxime groups is 1. The molecule has 4 heterocycles. The van der Waals surface area contributed by atoms with E-state index in [4.69, 9.17) is 24.8 Å². The van der Waals surface area contributed by atoms with Crippen molar-refractivity contribution in [3.63, 3.8) is 0 Å². The summed E-state index contributed by atoms with van der Waals surface area (Å²) < 4.78 is 19.7. The summed E-state index contributed by atoms with van der Waals surface area (Å²) in [4.78, 5) is 66.0. The van der Waals surface area contributed by atoms with E-state index in [1.165, 1.54) is 34.9 Å². The highest BCUT2D eigenvalue weighted by Crippen LogP contribution is 2.45. The number of nitrogen functional groups attached to an aromatic ring is 1. The van der Waals surface area contributed by atoms with E-state index in [1.807, 2.05) is 90.3 Å². The number of allylic oxidation sites excluding steroid dienone is 1. The van der Waals surface area contributed by atoms with E-state index in [-0.39, 0.29) is 17.2 Å². The minimum Gasteiger partial charge on any atom is -0.421 e. The lowest BCUT2D eigenvalue weighted by Crippen LogP contribution is -2.70. The molecular weight excluding hydrogens is 851 g/mol. The van der Waals surface area contributed by atoms with Gasteiger partial charge in [-0.3, -0.25) is 14.5 Å². The quantitative estimate of drug-likeness (QED) is 0.0216. The van der Waals surface area contributed by atoms with Crippen LogP contribution in [-0.4, -0.2) is 73.1 Å². The maximum Gasteiger partial charge on any atom is 0.516 e. The van der Waals surface area contributed by atoms with E-state index in [1.54, 1.807) is 47.9 Å². The first kappa shape index (κ1) is 41.6. The number of nitrogens with two attached hydrogens (primary N) is 1. The number of benzene rings is 4. The number of anilines is 1. The van der Waals surface area contributed by atoms with Crippen molar-refractivity contribution in [1.82, 2.24) is 24.8 Å². The highest BCUT2D eigenvalue weighted by molar-refractivity contribution is 8.00. The molecular formula is C44H35N7O8S3. The van der Waals surface area contributed by atoms with E-state index in [2.05, 4.69) is 25.0 Å². The molecule has 1 saturated heterocycles. The van der Waals surface area contributed by atoms with Crippen LogP contribution >= 0.6 is 34.6 Å². The third-order valence-electron chi connectivity index (χ3n) is 9.63. The number of carbonyl (C=O) groups is 4. The molecule has 2 aromatic heterocycles. The van der Waals surface area contributed by atoms with E-state index in [0.717, 1.165) is 34.4 Å². The fraction of sp³-hybridized carbons (Fsp3) is 0.136. The number of thiazole rings is 1. The van der Waals surface area contributed by atoms with Crippen LogP contribution in [0.1, 0.15) is 29.3 Å². The van der Waals surface area contributed by atoms with E-state index in [0.29, 0.717) is 27.7 Å².